The number of aliphatic hydroxyl groups is 11. The molecular formula is C19H44O14. The lowest BCUT2D eigenvalue weighted by Crippen LogP contribution is -2.32. The number of aliphatic hydroxyl groups excluding tert-OH is 11. The molecule has 14 heteroatoms. The molecule has 204 valence electrons. The fourth-order valence-electron chi connectivity index (χ4n) is 1.60. The molecule has 4 unspecified atom stereocenters. The van der Waals surface area contributed by atoms with Gasteiger partial charge in [-0.1, -0.05) is 6.92 Å². The topological polar surface area (TPSA) is 250 Å². The van der Waals surface area contributed by atoms with Crippen molar-refractivity contribution in [2.24, 2.45) is 0 Å². The zero-order chi connectivity index (χ0) is 26.1. The van der Waals surface area contributed by atoms with Crippen LogP contribution in [0, 0.1) is 0 Å². The number of hydrogen-bond acceptors (Lipinski definition) is 14. The number of rotatable bonds is 18. The maximum atomic E-state index is 8.84. The number of ether oxygens (including phenoxy) is 3. The zero-order valence-corrected chi connectivity index (χ0v) is 19.1. The van der Waals surface area contributed by atoms with Gasteiger partial charge in [-0.2, -0.15) is 0 Å². The Hall–Kier alpha value is -0.560. The highest BCUT2D eigenvalue weighted by Gasteiger charge is 2.13. The lowest BCUT2D eigenvalue weighted by atomic mass is 10.3. The first-order valence-electron chi connectivity index (χ1n) is 10.5. The second kappa shape index (κ2) is 27.7. The van der Waals surface area contributed by atoms with Crippen molar-refractivity contribution in [1.82, 2.24) is 0 Å². The van der Waals surface area contributed by atoms with Crippen molar-refractivity contribution < 1.29 is 70.4 Å². The van der Waals surface area contributed by atoms with Crippen LogP contribution in [-0.4, -0.2) is 165 Å². The quantitative estimate of drug-likeness (QED) is 0.0847. The van der Waals surface area contributed by atoms with E-state index in [1.165, 1.54) is 0 Å². The van der Waals surface area contributed by atoms with Gasteiger partial charge in [0.25, 0.3) is 0 Å². The maximum absolute atomic E-state index is 8.84. The van der Waals surface area contributed by atoms with Gasteiger partial charge in [0.15, 0.2) is 0 Å². The molecule has 0 aromatic rings. The Morgan fingerprint density at radius 1 is 0.485 bits per heavy atom. The van der Waals surface area contributed by atoms with E-state index in [1.54, 1.807) is 0 Å². The fourth-order valence-corrected chi connectivity index (χ4v) is 1.60. The van der Waals surface area contributed by atoms with Crippen LogP contribution in [0.4, 0.5) is 0 Å². The van der Waals surface area contributed by atoms with Crippen molar-refractivity contribution in [3.8, 4) is 0 Å². The molecule has 0 heterocycles. The van der Waals surface area contributed by atoms with E-state index in [4.69, 9.17) is 70.4 Å². The standard InChI is InChI=1S/C7H16O4.2C6H14O5/c1-2-7(4-9)11-5-6(10)3-8;7-1-5(9)3-11-4-6(10)2-8;7-1-5(2-8)11-6(3-9)4-10/h6-10H,2-5H2,1H3;2*5-10H,1-4H2. The largest absolute Gasteiger partial charge is 0.394 e. The summed E-state index contributed by atoms with van der Waals surface area (Å²) >= 11 is 0. The monoisotopic (exact) mass is 496 g/mol. The average Bonchev–Trinajstić information content (AvgIpc) is 2.85. The molecule has 0 aliphatic carbocycles. The van der Waals surface area contributed by atoms with Crippen molar-refractivity contribution in [3.63, 3.8) is 0 Å². The summed E-state index contributed by atoms with van der Waals surface area (Å²) in [7, 11) is 0. The molecule has 14 nitrogen and oxygen atoms in total. The van der Waals surface area contributed by atoms with Crippen molar-refractivity contribution >= 4 is 0 Å². The summed E-state index contributed by atoms with van der Waals surface area (Å²) in [4.78, 5) is 0. The normalized spacial score (nSPS) is 14.7. The zero-order valence-electron chi connectivity index (χ0n) is 19.1. The van der Waals surface area contributed by atoms with Crippen molar-refractivity contribution in [2.75, 3.05) is 72.7 Å². The average molecular weight is 497 g/mol. The van der Waals surface area contributed by atoms with Gasteiger partial charge in [-0.15, -0.1) is 0 Å². The van der Waals surface area contributed by atoms with E-state index >= 15 is 0 Å². The lowest BCUT2D eigenvalue weighted by molar-refractivity contribution is -0.0956. The molecule has 0 radical (unpaired) electrons. The van der Waals surface area contributed by atoms with E-state index in [9.17, 15) is 0 Å². The van der Waals surface area contributed by atoms with Gasteiger partial charge in [-0.3, -0.25) is 0 Å². The molecule has 0 spiro atoms. The SMILES string of the molecule is CCC(CO)OCC(O)CO.OCC(CO)OC(CO)CO.OCC(O)COCC(O)CO. The molecule has 0 saturated carbocycles. The van der Waals surface area contributed by atoms with E-state index in [0.717, 1.165) is 0 Å². The lowest BCUT2D eigenvalue weighted by Gasteiger charge is -2.18. The van der Waals surface area contributed by atoms with Gasteiger partial charge in [-0.05, 0) is 6.42 Å². The van der Waals surface area contributed by atoms with Crippen LogP contribution in [0.2, 0.25) is 0 Å². The summed E-state index contributed by atoms with van der Waals surface area (Å²) < 4.78 is 14.6. The summed E-state index contributed by atoms with van der Waals surface area (Å²) in [5.41, 5.74) is 0. The van der Waals surface area contributed by atoms with Gasteiger partial charge in [0.2, 0.25) is 0 Å². The first kappa shape index (κ1) is 37.0. The molecule has 0 aliphatic heterocycles. The number of hydrogen-bond donors (Lipinski definition) is 11. The van der Waals surface area contributed by atoms with Crippen LogP contribution in [0.5, 0.6) is 0 Å². The summed E-state index contributed by atoms with van der Waals surface area (Å²) in [6.45, 7) is -0.496. The Balaban J connectivity index is -0.000000409. The summed E-state index contributed by atoms with van der Waals surface area (Å²) in [5.74, 6) is 0. The second-order valence-corrected chi connectivity index (χ2v) is 6.70. The predicted octanol–water partition coefficient (Wildman–Crippen LogP) is -5.45. The molecule has 0 rings (SSSR count). The minimum atomic E-state index is -0.916. The Bertz CT molecular complexity index is 333. The molecule has 33 heavy (non-hydrogen) atoms. The van der Waals surface area contributed by atoms with Crippen LogP contribution in [-0.2, 0) is 14.2 Å². The Morgan fingerprint density at radius 3 is 1.09 bits per heavy atom. The highest BCUT2D eigenvalue weighted by Crippen LogP contribution is 1.97. The summed E-state index contributed by atoms with van der Waals surface area (Å²) in [6.07, 6.45) is -3.64. The molecule has 0 saturated heterocycles. The molecule has 0 aromatic carbocycles. The van der Waals surface area contributed by atoms with Crippen LogP contribution in [0.3, 0.4) is 0 Å². The molecule has 0 amide bonds. The van der Waals surface area contributed by atoms with Crippen LogP contribution in [0.1, 0.15) is 13.3 Å². The van der Waals surface area contributed by atoms with E-state index in [2.05, 4.69) is 0 Å². The molecule has 0 bridgehead atoms. The van der Waals surface area contributed by atoms with Crippen molar-refractivity contribution in [3.05, 3.63) is 0 Å². The Labute approximate surface area is 193 Å². The Kier molecular flexibility index (Phi) is 31.0. The van der Waals surface area contributed by atoms with Gasteiger partial charge in [0, 0.05) is 0 Å². The van der Waals surface area contributed by atoms with Crippen molar-refractivity contribution in [2.45, 2.75) is 50.0 Å². The van der Waals surface area contributed by atoms with Gasteiger partial charge in [0.05, 0.1) is 78.8 Å². The molecule has 0 aliphatic rings. The van der Waals surface area contributed by atoms with Gasteiger partial charge >= 0.3 is 0 Å². The van der Waals surface area contributed by atoms with Crippen LogP contribution >= 0.6 is 0 Å². The molecule has 11 N–H and O–H groups in total. The van der Waals surface area contributed by atoms with Gasteiger partial charge in [0.1, 0.15) is 30.5 Å². The molecule has 0 aromatic heterocycles. The molecule has 4 atom stereocenters. The third-order valence-electron chi connectivity index (χ3n) is 3.64. The van der Waals surface area contributed by atoms with Gasteiger partial charge < -0.3 is 70.4 Å². The molecular weight excluding hydrogens is 452 g/mol. The third-order valence-corrected chi connectivity index (χ3v) is 3.64. The van der Waals surface area contributed by atoms with Crippen LogP contribution < -0.4 is 0 Å². The van der Waals surface area contributed by atoms with E-state index in [-0.39, 0.29) is 78.8 Å². The highest BCUT2D eigenvalue weighted by atomic mass is 16.5. The smallest absolute Gasteiger partial charge is 0.104 e. The Morgan fingerprint density at radius 2 is 0.818 bits per heavy atom. The van der Waals surface area contributed by atoms with E-state index < -0.39 is 30.5 Å². The highest BCUT2D eigenvalue weighted by molar-refractivity contribution is 4.59. The summed E-state index contributed by atoms with van der Waals surface area (Å²) in [6, 6.07) is 0. The third kappa shape index (κ3) is 25.9. The first-order chi connectivity index (χ1) is 15.7. The van der Waals surface area contributed by atoms with Gasteiger partial charge in [-0.25, -0.2) is 0 Å². The predicted molar refractivity (Wildman–Crippen MR) is 114 cm³/mol. The van der Waals surface area contributed by atoms with E-state index in [0.29, 0.717) is 6.42 Å². The van der Waals surface area contributed by atoms with E-state index in [1.807, 2.05) is 6.92 Å². The van der Waals surface area contributed by atoms with Crippen LogP contribution in [0.15, 0.2) is 0 Å². The summed E-state index contributed by atoms with van der Waals surface area (Å²) in [5, 5.41) is 94.0. The molecule has 0 fully saturated rings. The second-order valence-electron chi connectivity index (χ2n) is 6.70. The minimum Gasteiger partial charge on any atom is -0.394 e. The minimum absolute atomic E-state index is 0.0342. The first-order valence-corrected chi connectivity index (χ1v) is 10.5. The van der Waals surface area contributed by atoms with Crippen LogP contribution in [0.25, 0.3) is 0 Å². The maximum Gasteiger partial charge on any atom is 0.104 e. The van der Waals surface area contributed by atoms with Crippen molar-refractivity contribution in [1.29, 1.82) is 0 Å². The fraction of sp³-hybridized carbons (Fsp3) is 1.00.